The maximum Gasteiger partial charge on any atom is 0.225 e. The molecule has 0 amide bonds. The van der Waals surface area contributed by atoms with Gasteiger partial charge in [-0.15, -0.1) is 24.0 Å². The molecule has 9 heteroatoms. The van der Waals surface area contributed by atoms with Crippen LogP contribution in [0, 0.1) is 0 Å². The molecule has 164 valence electrons. The predicted octanol–water partition coefficient (Wildman–Crippen LogP) is 2.79. The smallest absolute Gasteiger partial charge is 0.225 e. The van der Waals surface area contributed by atoms with Crippen LogP contribution < -0.4 is 19.7 Å². The molecule has 8 nitrogen and oxygen atoms in total. The molecule has 0 atom stereocenters. The Morgan fingerprint density at radius 1 is 1.10 bits per heavy atom. The molecule has 1 aromatic carbocycles. The van der Waals surface area contributed by atoms with Gasteiger partial charge in [-0.25, -0.2) is 15.0 Å². The van der Waals surface area contributed by atoms with Gasteiger partial charge < -0.3 is 24.6 Å². The molecular formula is C21H31IN6O2. The van der Waals surface area contributed by atoms with Gasteiger partial charge in [0.25, 0.3) is 0 Å². The maximum atomic E-state index is 5.59. The number of piperazine rings is 1. The number of ether oxygens (including phenoxy) is 2. The molecule has 1 aliphatic rings. The molecule has 1 saturated heterocycles. The van der Waals surface area contributed by atoms with Gasteiger partial charge in [0, 0.05) is 45.1 Å². The van der Waals surface area contributed by atoms with Gasteiger partial charge in [0.2, 0.25) is 5.95 Å². The highest BCUT2D eigenvalue weighted by atomic mass is 127. The first-order chi connectivity index (χ1) is 14.2. The first kappa shape index (κ1) is 24.0. The molecule has 0 aliphatic carbocycles. The van der Waals surface area contributed by atoms with Gasteiger partial charge in [0.1, 0.15) is 0 Å². The molecular weight excluding hydrogens is 495 g/mol. The fraction of sp³-hybridized carbons (Fsp3) is 0.476. The minimum atomic E-state index is 0. The minimum Gasteiger partial charge on any atom is -0.493 e. The van der Waals surface area contributed by atoms with E-state index in [0.29, 0.717) is 13.2 Å². The summed E-state index contributed by atoms with van der Waals surface area (Å²) in [6.07, 6.45) is 3.57. The van der Waals surface area contributed by atoms with Crippen LogP contribution in [-0.4, -0.2) is 67.3 Å². The van der Waals surface area contributed by atoms with Crippen LogP contribution in [0.4, 0.5) is 5.95 Å². The van der Waals surface area contributed by atoms with Crippen molar-refractivity contribution in [3.8, 4) is 11.5 Å². The topological polar surface area (TPSA) is 75.1 Å². The van der Waals surface area contributed by atoms with Crippen molar-refractivity contribution in [1.82, 2.24) is 20.2 Å². The van der Waals surface area contributed by atoms with Gasteiger partial charge in [-0.2, -0.15) is 0 Å². The van der Waals surface area contributed by atoms with Gasteiger partial charge >= 0.3 is 0 Å². The number of benzene rings is 1. The number of aliphatic imine (C=N–C) groups is 1. The van der Waals surface area contributed by atoms with Crippen molar-refractivity contribution in [2.75, 3.05) is 51.3 Å². The van der Waals surface area contributed by atoms with Crippen LogP contribution in [0.15, 0.2) is 41.7 Å². The molecule has 30 heavy (non-hydrogen) atoms. The van der Waals surface area contributed by atoms with Crippen molar-refractivity contribution in [3.63, 3.8) is 0 Å². The third kappa shape index (κ3) is 6.35. The molecule has 0 spiro atoms. The molecule has 3 rings (SSSR count). The number of hydrogen-bond acceptors (Lipinski definition) is 6. The Morgan fingerprint density at radius 2 is 1.83 bits per heavy atom. The van der Waals surface area contributed by atoms with E-state index in [0.717, 1.165) is 61.7 Å². The van der Waals surface area contributed by atoms with Crippen LogP contribution in [0.25, 0.3) is 0 Å². The highest BCUT2D eigenvalue weighted by Gasteiger charge is 2.21. The summed E-state index contributed by atoms with van der Waals surface area (Å²) in [5.41, 5.74) is 1.08. The number of aromatic nitrogens is 2. The minimum absolute atomic E-state index is 0. The van der Waals surface area contributed by atoms with Crippen molar-refractivity contribution in [3.05, 3.63) is 42.2 Å². The lowest BCUT2D eigenvalue weighted by Gasteiger charge is -2.36. The van der Waals surface area contributed by atoms with E-state index in [4.69, 9.17) is 14.5 Å². The number of guanidine groups is 1. The Balaban J connectivity index is 0.00000320. The van der Waals surface area contributed by atoms with E-state index >= 15 is 0 Å². The third-order valence-corrected chi connectivity index (χ3v) is 4.69. The van der Waals surface area contributed by atoms with Crippen LogP contribution in [-0.2, 0) is 6.54 Å². The van der Waals surface area contributed by atoms with Crippen LogP contribution in [0.3, 0.4) is 0 Å². The molecule has 2 heterocycles. The summed E-state index contributed by atoms with van der Waals surface area (Å²) in [5.74, 6) is 3.21. The second-order valence-corrected chi connectivity index (χ2v) is 6.61. The normalized spacial score (nSPS) is 14.2. The Bertz CT molecular complexity index is 797. The van der Waals surface area contributed by atoms with E-state index < -0.39 is 0 Å². The standard InChI is InChI=1S/C21H30N6O2.HI/c1-4-22-20(25-16-17-7-8-18(29-5-2)19(15-17)28-3)26-11-13-27(14-12-26)21-23-9-6-10-24-21;/h6-10,15H,4-5,11-14,16H2,1-3H3,(H,22,25);1H. The fourth-order valence-corrected chi connectivity index (χ4v) is 3.25. The lowest BCUT2D eigenvalue weighted by molar-refractivity contribution is 0.310. The van der Waals surface area contributed by atoms with Gasteiger partial charge in [0.05, 0.1) is 20.3 Å². The summed E-state index contributed by atoms with van der Waals surface area (Å²) in [7, 11) is 1.66. The summed E-state index contributed by atoms with van der Waals surface area (Å²) < 4.78 is 11.0. The van der Waals surface area contributed by atoms with Gasteiger partial charge in [0.15, 0.2) is 17.5 Å². The number of methoxy groups -OCH3 is 1. The van der Waals surface area contributed by atoms with E-state index in [1.807, 2.05) is 31.2 Å². The van der Waals surface area contributed by atoms with E-state index in [2.05, 4.69) is 32.0 Å². The number of rotatable bonds is 7. The van der Waals surface area contributed by atoms with Crippen LogP contribution >= 0.6 is 24.0 Å². The van der Waals surface area contributed by atoms with Gasteiger partial charge in [-0.1, -0.05) is 6.07 Å². The zero-order valence-corrected chi connectivity index (χ0v) is 20.2. The SMILES string of the molecule is CCNC(=NCc1ccc(OCC)c(OC)c1)N1CCN(c2ncccn2)CC1.I. The molecule has 1 aromatic heterocycles. The quantitative estimate of drug-likeness (QED) is 0.338. The maximum absolute atomic E-state index is 5.59. The Morgan fingerprint density at radius 3 is 2.47 bits per heavy atom. The third-order valence-electron chi connectivity index (χ3n) is 4.69. The molecule has 0 saturated carbocycles. The summed E-state index contributed by atoms with van der Waals surface area (Å²) in [6.45, 7) is 9.54. The second-order valence-electron chi connectivity index (χ2n) is 6.61. The van der Waals surface area contributed by atoms with E-state index in [1.54, 1.807) is 19.5 Å². The van der Waals surface area contributed by atoms with Crippen molar-refractivity contribution < 1.29 is 9.47 Å². The summed E-state index contributed by atoms with van der Waals surface area (Å²) in [6, 6.07) is 7.80. The molecule has 1 fully saturated rings. The predicted molar refractivity (Wildman–Crippen MR) is 130 cm³/mol. The van der Waals surface area contributed by atoms with Crippen LogP contribution in [0.5, 0.6) is 11.5 Å². The second kappa shape index (κ2) is 12.4. The van der Waals surface area contributed by atoms with Gasteiger partial charge in [-0.05, 0) is 37.6 Å². The molecule has 2 aromatic rings. The Labute approximate surface area is 195 Å². The lowest BCUT2D eigenvalue weighted by Crippen LogP contribution is -2.52. The Kier molecular flexibility index (Phi) is 9.92. The van der Waals surface area contributed by atoms with Crippen molar-refractivity contribution in [2.45, 2.75) is 20.4 Å². The number of halogens is 1. The zero-order valence-electron chi connectivity index (χ0n) is 17.9. The monoisotopic (exact) mass is 526 g/mol. The van der Waals surface area contributed by atoms with Crippen molar-refractivity contribution in [2.24, 2.45) is 4.99 Å². The molecule has 0 radical (unpaired) electrons. The van der Waals surface area contributed by atoms with Crippen LogP contribution in [0.1, 0.15) is 19.4 Å². The Hall–Kier alpha value is -2.30. The number of hydrogen-bond donors (Lipinski definition) is 1. The van der Waals surface area contributed by atoms with Crippen molar-refractivity contribution >= 4 is 35.9 Å². The number of anilines is 1. The molecule has 0 bridgehead atoms. The average Bonchev–Trinajstić information content (AvgIpc) is 2.78. The number of nitrogens with one attached hydrogen (secondary N) is 1. The van der Waals surface area contributed by atoms with E-state index in [1.165, 1.54) is 0 Å². The summed E-state index contributed by atoms with van der Waals surface area (Å²) >= 11 is 0. The largest absolute Gasteiger partial charge is 0.493 e. The summed E-state index contributed by atoms with van der Waals surface area (Å²) in [4.78, 5) is 18.0. The van der Waals surface area contributed by atoms with Gasteiger partial charge in [-0.3, -0.25) is 0 Å². The van der Waals surface area contributed by atoms with Crippen LogP contribution in [0.2, 0.25) is 0 Å². The first-order valence-electron chi connectivity index (χ1n) is 10.1. The van der Waals surface area contributed by atoms with E-state index in [9.17, 15) is 0 Å². The first-order valence-corrected chi connectivity index (χ1v) is 10.1. The highest BCUT2D eigenvalue weighted by Crippen LogP contribution is 2.28. The van der Waals surface area contributed by atoms with E-state index in [-0.39, 0.29) is 24.0 Å². The summed E-state index contributed by atoms with van der Waals surface area (Å²) in [5, 5.41) is 3.41. The average molecular weight is 526 g/mol. The zero-order chi connectivity index (χ0) is 20.5. The highest BCUT2D eigenvalue weighted by molar-refractivity contribution is 14.0. The number of nitrogens with zero attached hydrogens (tertiary/aromatic N) is 5. The molecule has 0 unspecified atom stereocenters. The molecule has 1 N–H and O–H groups in total. The fourth-order valence-electron chi connectivity index (χ4n) is 3.25. The van der Waals surface area contributed by atoms with Crippen molar-refractivity contribution in [1.29, 1.82) is 0 Å². The lowest BCUT2D eigenvalue weighted by atomic mass is 10.2. The molecule has 1 aliphatic heterocycles.